The molecule has 16 heavy (non-hydrogen) atoms. The average molecular weight is 215 g/mol. The van der Waals surface area contributed by atoms with Gasteiger partial charge in [-0.05, 0) is 18.9 Å². The Bertz CT molecular complexity index is 392. The molecule has 1 N–H and O–H groups in total. The lowest BCUT2D eigenvalue weighted by Crippen LogP contribution is -2.43. The van der Waals surface area contributed by atoms with E-state index in [1.807, 2.05) is 18.2 Å². The normalized spacial score (nSPS) is 15.9. The fourth-order valence-electron chi connectivity index (χ4n) is 2.07. The van der Waals surface area contributed by atoms with Crippen molar-refractivity contribution in [3.8, 4) is 0 Å². The maximum atomic E-state index is 4.03. The fourth-order valence-corrected chi connectivity index (χ4v) is 2.07. The molecular formula is C13H17N3. The van der Waals surface area contributed by atoms with Crippen LogP contribution in [-0.2, 0) is 0 Å². The summed E-state index contributed by atoms with van der Waals surface area (Å²) in [6, 6.07) is 6.11. The fraction of sp³-hybridized carbons (Fsp3) is 0.308. The smallest absolute Gasteiger partial charge is 0.0715 e. The third-order valence-corrected chi connectivity index (χ3v) is 2.89. The van der Waals surface area contributed by atoms with E-state index in [0.29, 0.717) is 0 Å². The molecule has 1 aliphatic rings. The summed E-state index contributed by atoms with van der Waals surface area (Å²) < 4.78 is 0. The number of nitrogens with zero attached hydrogens (tertiary/aromatic N) is 2. The van der Waals surface area contributed by atoms with Crippen molar-refractivity contribution in [3.63, 3.8) is 0 Å². The Morgan fingerprint density at radius 1 is 1.31 bits per heavy atom. The van der Waals surface area contributed by atoms with Gasteiger partial charge in [0.1, 0.15) is 0 Å². The molecule has 0 spiro atoms. The van der Waals surface area contributed by atoms with Gasteiger partial charge in [-0.2, -0.15) is 0 Å². The molecular weight excluding hydrogens is 198 g/mol. The molecule has 0 unspecified atom stereocenters. The van der Waals surface area contributed by atoms with Gasteiger partial charge in [0.15, 0.2) is 0 Å². The number of anilines is 1. The van der Waals surface area contributed by atoms with Crippen molar-refractivity contribution in [2.75, 3.05) is 31.1 Å². The molecule has 1 aliphatic heterocycles. The van der Waals surface area contributed by atoms with E-state index in [1.54, 1.807) is 0 Å². The van der Waals surface area contributed by atoms with Crippen molar-refractivity contribution in [1.82, 2.24) is 5.32 Å². The molecule has 84 valence electrons. The number of hydrogen-bond acceptors (Lipinski definition) is 3. The van der Waals surface area contributed by atoms with E-state index >= 15 is 0 Å². The first kappa shape index (κ1) is 10.9. The molecule has 1 aromatic rings. The van der Waals surface area contributed by atoms with Crippen LogP contribution >= 0.6 is 0 Å². The predicted molar refractivity (Wildman–Crippen MR) is 70.8 cm³/mol. The summed E-state index contributed by atoms with van der Waals surface area (Å²) in [6.07, 6.45) is 1.86. The Labute approximate surface area is 96.5 Å². The van der Waals surface area contributed by atoms with Gasteiger partial charge < -0.3 is 10.2 Å². The summed E-state index contributed by atoms with van der Waals surface area (Å²) in [5, 5.41) is 3.35. The number of rotatable bonds is 3. The number of benzene rings is 1. The minimum atomic E-state index is 0.908. The van der Waals surface area contributed by atoms with Crippen molar-refractivity contribution in [3.05, 3.63) is 30.3 Å². The van der Waals surface area contributed by atoms with Crippen LogP contribution in [0.1, 0.15) is 5.56 Å². The third-order valence-electron chi connectivity index (χ3n) is 2.89. The first-order valence-electron chi connectivity index (χ1n) is 5.54. The molecule has 3 nitrogen and oxygen atoms in total. The molecule has 3 heteroatoms. The van der Waals surface area contributed by atoms with E-state index in [9.17, 15) is 0 Å². The highest BCUT2D eigenvalue weighted by molar-refractivity contribution is 5.77. The lowest BCUT2D eigenvalue weighted by atomic mass is 10.1. The van der Waals surface area contributed by atoms with E-state index in [2.05, 4.69) is 34.6 Å². The van der Waals surface area contributed by atoms with Crippen LogP contribution in [0.2, 0.25) is 0 Å². The average Bonchev–Trinajstić information content (AvgIpc) is 2.38. The van der Waals surface area contributed by atoms with Crippen molar-refractivity contribution in [1.29, 1.82) is 0 Å². The standard InChI is InChI=1S/C13H17N3/c1-3-11-12(14-2)5-4-6-13(11)16-9-7-15-8-10-16/h3-6,15H,1-2,7-10H2. The number of piperazine rings is 1. The molecule has 1 saturated heterocycles. The van der Waals surface area contributed by atoms with Gasteiger partial charge in [-0.25, -0.2) is 0 Å². The Hall–Kier alpha value is -1.61. The zero-order valence-corrected chi connectivity index (χ0v) is 9.45. The minimum absolute atomic E-state index is 0.908. The van der Waals surface area contributed by atoms with Crippen LogP contribution in [0, 0.1) is 0 Å². The zero-order chi connectivity index (χ0) is 11.4. The summed E-state index contributed by atoms with van der Waals surface area (Å²) >= 11 is 0. The monoisotopic (exact) mass is 215 g/mol. The summed E-state index contributed by atoms with van der Waals surface area (Å²) in [7, 11) is 0. The van der Waals surface area contributed by atoms with Crippen LogP contribution in [0.4, 0.5) is 11.4 Å². The quantitative estimate of drug-likeness (QED) is 0.782. The van der Waals surface area contributed by atoms with Gasteiger partial charge in [-0.3, -0.25) is 4.99 Å². The topological polar surface area (TPSA) is 27.6 Å². The van der Waals surface area contributed by atoms with Gasteiger partial charge in [-0.15, -0.1) is 0 Å². The lowest BCUT2D eigenvalue weighted by molar-refractivity contribution is 0.589. The maximum absolute atomic E-state index is 4.03. The summed E-state index contributed by atoms with van der Waals surface area (Å²) in [5.74, 6) is 0. The minimum Gasteiger partial charge on any atom is -0.368 e. The van der Waals surface area contributed by atoms with Crippen LogP contribution in [-0.4, -0.2) is 32.9 Å². The molecule has 1 aromatic carbocycles. The van der Waals surface area contributed by atoms with E-state index in [1.165, 1.54) is 5.69 Å². The van der Waals surface area contributed by atoms with Crippen molar-refractivity contribution >= 4 is 24.2 Å². The van der Waals surface area contributed by atoms with Crippen molar-refractivity contribution < 1.29 is 0 Å². The molecule has 1 heterocycles. The summed E-state index contributed by atoms with van der Waals surface area (Å²) in [4.78, 5) is 6.40. The van der Waals surface area contributed by atoms with Crippen LogP contribution in [0.5, 0.6) is 0 Å². The molecule has 1 fully saturated rings. The SMILES string of the molecule is C=Cc1c(N=C)cccc1N1CCNCC1. The number of hydrogen-bond donors (Lipinski definition) is 1. The highest BCUT2D eigenvalue weighted by atomic mass is 15.2. The molecule has 2 rings (SSSR count). The molecule has 0 bridgehead atoms. The largest absolute Gasteiger partial charge is 0.368 e. The second-order valence-electron chi connectivity index (χ2n) is 3.81. The lowest BCUT2D eigenvalue weighted by Gasteiger charge is -2.31. The molecule has 0 atom stereocenters. The third kappa shape index (κ3) is 1.99. The second kappa shape index (κ2) is 4.94. The maximum Gasteiger partial charge on any atom is 0.0715 e. The molecule has 0 radical (unpaired) electrons. The van der Waals surface area contributed by atoms with Gasteiger partial charge in [0, 0.05) is 37.4 Å². The zero-order valence-electron chi connectivity index (χ0n) is 9.45. The summed E-state index contributed by atoms with van der Waals surface area (Å²) in [6.45, 7) is 11.6. The van der Waals surface area contributed by atoms with Gasteiger partial charge in [-0.1, -0.05) is 18.7 Å². The molecule has 0 saturated carbocycles. The second-order valence-corrected chi connectivity index (χ2v) is 3.81. The highest BCUT2D eigenvalue weighted by Crippen LogP contribution is 2.30. The van der Waals surface area contributed by atoms with Crippen LogP contribution < -0.4 is 10.2 Å². The highest BCUT2D eigenvalue weighted by Gasteiger charge is 2.14. The van der Waals surface area contributed by atoms with E-state index in [0.717, 1.165) is 37.4 Å². The summed E-state index contributed by atoms with van der Waals surface area (Å²) in [5.41, 5.74) is 3.20. The van der Waals surface area contributed by atoms with Crippen LogP contribution in [0.15, 0.2) is 29.8 Å². The van der Waals surface area contributed by atoms with Gasteiger partial charge in [0.25, 0.3) is 0 Å². The van der Waals surface area contributed by atoms with Crippen molar-refractivity contribution in [2.24, 2.45) is 4.99 Å². The van der Waals surface area contributed by atoms with Gasteiger partial charge in [0.2, 0.25) is 0 Å². The molecule has 0 aromatic heterocycles. The Morgan fingerprint density at radius 2 is 2.06 bits per heavy atom. The van der Waals surface area contributed by atoms with Crippen molar-refractivity contribution in [2.45, 2.75) is 0 Å². The van der Waals surface area contributed by atoms with E-state index in [4.69, 9.17) is 0 Å². The van der Waals surface area contributed by atoms with E-state index in [-0.39, 0.29) is 0 Å². The Morgan fingerprint density at radius 3 is 2.69 bits per heavy atom. The number of aliphatic imine (C=N–C) groups is 1. The van der Waals surface area contributed by atoms with E-state index < -0.39 is 0 Å². The first-order valence-corrected chi connectivity index (χ1v) is 5.54. The predicted octanol–water partition coefficient (Wildman–Crippen LogP) is 2.07. The van der Waals surface area contributed by atoms with Gasteiger partial charge >= 0.3 is 0 Å². The Balaban J connectivity index is 2.38. The first-order chi connectivity index (χ1) is 7.86. The number of nitrogens with one attached hydrogen (secondary N) is 1. The van der Waals surface area contributed by atoms with Crippen LogP contribution in [0.25, 0.3) is 6.08 Å². The molecule has 0 aliphatic carbocycles. The van der Waals surface area contributed by atoms with Crippen LogP contribution in [0.3, 0.4) is 0 Å². The van der Waals surface area contributed by atoms with Gasteiger partial charge in [0.05, 0.1) is 5.69 Å². The molecule has 0 amide bonds. The Kier molecular flexibility index (Phi) is 3.37.